The molecule has 0 saturated carbocycles. The second-order valence-electron chi connectivity index (χ2n) is 5.57. The van der Waals surface area contributed by atoms with Crippen molar-refractivity contribution in [3.8, 4) is 0 Å². The zero-order chi connectivity index (χ0) is 14.7. The SMILES string of the molecule is CCNC(C)c1cc(F)c(C)cc1N1CCOC(C)C1. The molecular weight excluding hydrogens is 255 g/mol. The number of morpholine rings is 1. The molecule has 1 heterocycles. The van der Waals surface area contributed by atoms with Crippen molar-refractivity contribution in [3.63, 3.8) is 0 Å². The van der Waals surface area contributed by atoms with Crippen molar-refractivity contribution in [2.24, 2.45) is 0 Å². The molecule has 0 bridgehead atoms. The van der Waals surface area contributed by atoms with Crippen LogP contribution >= 0.6 is 0 Å². The van der Waals surface area contributed by atoms with Crippen molar-refractivity contribution in [1.29, 1.82) is 0 Å². The number of nitrogens with one attached hydrogen (secondary N) is 1. The van der Waals surface area contributed by atoms with E-state index < -0.39 is 0 Å². The Morgan fingerprint density at radius 3 is 2.90 bits per heavy atom. The van der Waals surface area contributed by atoms with Crippen molar-refractivity contribution < 1.29 is 9.13 Å². The second kappa shape index (κ2) is 6.55. The summed E-state index contributed by atoms with van der Waals surface area (Å²) in [6, 6.07) is 3.79. The van der Waals surface area contributed by atoms with Gasteiger partial charge in [-0.3, -0.25) is 0 Å². The van der Waals surface area contributed by atoms with Crippen LogP contribution in [-0.2, 0) is 4.74 Å². The molecule has 1 fully saturated rings. The normalized spacial score (nSPS) is 21.1. The zero-order valence-electron chi connectivity index (χ0n) is 12.9. The Balaban J connectivity index is 2.36. The largest absolute Gasteiger partial charge is 0.375 e. The summed E-state index contributed by atoms with van der Waals surface area (Å²) in [7, 11) is 0. The maximum Gasteiger partial charge on any atom is 0.126 e. The molecule has 3 nitrogen and oxygen atoms in total. The molecule has 1 aromatic rings. The number of halogens is 1. The first-order chi connectivity index (χ1) is 9.52. The van der Waals surface area contributed by atoms with Crippen molar-refractivity contribution in [1.82, 2.24) is 5.32 Å². The molecule has 1 aromatic carbocycles. The fourth-order valence-corrected chi connectivity index (χ4v) is 2.76. The highest BCUT2D eigenvalue weighted by Crippen LogP contribution is 2.30. The third kappa shape index (κ3) is 3.30. The van der Waals surface area contributed by atoms with Crippen LogP contribution in [0.25, 0.3) is 0 Å². The maximum atomic E-state index is 13.9. The first kappa shape index (κ1) is 15.3. The Morgan fingerprint density at radius 1 is 1.50 bits per heavy atom. The summed E-state index contributed by atoms with van der Waals surface area (Å²) < 4.78 is 19.5. The number of ether oxygens (including phenoxy) is 1. The van der Waals surface area contributed by atoms with Crippen LogP contribution in [0, 0.1) is 12.7 Å². The van der Waals surface area contributed by atoms with Gasteiger partial charge in [0.2, 0.25) is 0 Å². The predicted molar refractivity (Wildman–Crippen MR) is 80.9 cm³/mol. The molecule has 2 atom stereocenters. The fraction of sp³-hybridized carbons (Fsp3) is 0.625. The highest BCUT2D eigenvalue weighted by molar-refractivity contribution is 5.57. The van der Waals surface area contributed by atoms with E-state index in [0.717, 1.165) is 37.5 Å². The minimum absolute atomic E-state index is 0.130. The van der Waals surface area contributed by atoms with Gasteiger partial charge in [0.05, 0.1) is 12.7 Å². The lowest BCUT2D eigenvalue weighted by Crippen LogP contribution is -2.42. The number of anilines is 1. The lowest BCUT2D eigenvalue weighted by molar-refractivity contribution is 0.0531. The third-order valence-corrected chi connectivity index (χ3v) is 3.87. The summed E-state index contributed by atoms with van der Waals surface area (Å²) in [5.41, 5.74) is 2.86. The van der Waals surface area contributed by atoms with Gasteiger partial charge in [-0.2, -0.15) is 0 Å². The maximum absolute atomic E-state index is 13.9. The number of nitrogens with zero attached hydrogens (tertiary/aromatic N) is 1. The van der Waals surface area contributed by atoms with Crippen LogP contribution in [0.1, 0.15) is 37.9 Å². The lowest BCUT2D eigenvalue weighted by atomic mass is 10.0. The average molecular weight is 280 g/mol. The molecule has 2 rings (SSSR count). The lowest BCUT2D eigenvalue weighted by Gasteiger charge is -2.35. The molecule has 0 spiro atoms. The van der Waals surface area contributed by atoms with E-state index in [0.29, 0.717) is 5.56 Å². The predicted octanol–water partition coefficient (Wildman–Crippen LogP) is 3.03. The number of hydrogen-bond donors (Lipinski definition) is 1. The van der Waals surface area contributed by atoms with Gasteiger partial charge in [-0.25, -0.2) is 4.39 Å². The van der Waals surface area contributed by atoms with Gasteiger partial charge in [-0.1, -0.05) is 6.92 Å². The summed E-state index contributed by atoms with van der Waals surface area (Å²) >= 11 is 0. The minimum atomic E-state index is -0.130. The van der Waals surface area contributed by atoms with Crippen LogP contribution in [0.3, 0.4) is 0 Å². The Bertz CT molecular complexity index is 464. The summed E-state index contributed by atoms with van der Waals surface area (Å²) in [4.78, 5) is 2.31. The molecule has 20 heavy (non-hydrogen) atoms. The monoisotopic (exact) mass is 280 g/mol. The van der Waals surface area contributed by atoms with E-state index in [2.05, 4.69) is 31.0 Å². The summed E-state index contributed by atoms with van der Waals surface area (Å²) in [5.74, 6) is -0.130. The first-order valence-electron chi connectivity index (χ1n) is 7.43. The molecule has 0 radical (unpaired) electrons. The quantitative estimate of drug-likeness (QED) is 0.917. The van der Waals surface area contributed by atoms with Gasteiger partial charge in [-0.05, 0) is 50.6 Å². The van der Waals surface area contributed by atoms with Crippen LogP contribution in [0.5, 0.6) is 0 Å². The molecule has 1 aliphatic rings. The van der Waals surface area contributed by atoms with E-state index in [1.165, 1.54) is 0 Å². The standard InChI is InChI=1S/C16H25FN2O/c1-5-18-13(4)14-9-15(17)11(2)8-16(14)19-6-7-20-12(3)10-19/h8-9,12-13,18H,5-7,10H2,1-4H3. The number of rotatable bonds is 4. The van der Waals surface area contributed by atoms with Gasteiger partial charge in [0.25, 0.3) is 0 Å². The van der Waals surface area contributed by atoms with E-state index >= 15 is 0 Å². The van der Waals surface area contributed by atoms with Gasteiger partial charge in [0.15, 0.2) is 0 Å². The summed E-state index contributed by atoms with van der Waals surface area (Å²) in [6.07, 6.45) is 0.219. The van der Waals surface area contributed by atoms with Crippen LogP contribution < -0.4 is 10.2 Å². The molecule has 0 amide bonds. The van der Waals surface area contributed by atoms with Crippen LogP contribution in [-0.4, -0.2) is 32.3 Å². The van der Waals surface area contributed by atoms with Crippen LogP contribution in [0.2, 0.25) is 0 Å². The zero-order valence-corrected chi connectivity index (χ0v) is 12.9. The van der Waals surface area contributed by atoms with Gasteiger partial charge in [0.1, 0.15) is 5.82 Å². The van der Waals surface area contributed by atoms with Crippen molar-refractivity contribution in [3.05, 3.63) is 29.1 Å². The fourth-order valence-electron chi connectivity index (χ4n) is 2.76. The van der Waals surface area contributed by atoms with Crippen LogP contribution in [0.4, 0.5) is 10.1 Å². The summed E-state index contributed by atoms with van der Waals surface area (Å²) in [6.45, 7) is 11.4. The Kier molecular flexibility index (Phi) is 5.00. The Hall–Kier alpha value is -1.13. The highest BCUT2D eigenvalue weighted by atomic mass is 19.1. The molecule has 112 valence electrons. The number of benzene rings is 1. The Labute approximate surface area is 121 Å². The molecule has 0 aliphatic carbocycles. The topological polar surface area (TPSA) is 24.5 Å². The minimum Gasteiger partial charge on any atom is -0.375 e. The van der Waals surface area contributed by atoms with Gasteiger partial charge in [0, 0.05) is 24.8 Å². The molecule has 4 heteroatoms. The molecule has 1 aliphatic heterocycles. The smallest absolute Gasteiger partial charge is 0.126 e. The van der Waals surface area contributed by atoms with E-state index in [-0.39, 0.29) is 18.0 Å². The van der Waals surface area contributed by atoms with Crippen LogP contribution in [0.15, 0.2) is 12.1 Å². The number of hydrogen-bond acceptors (Lipinski definition) is 3. The highest BCUT2D eigenvalue weighted by Gasteiger charge is 2.22. The molecule has 2 unspecified atom stereocenters. The third-order valence-electron chi connectivity index (χ3n) is 3.87. The van der Waals surface area contributed by atoms with E-state index in [1.54, 1.807) is 6.07 Å². The Morgan fingerprint density at radius 2 is 2.25 bits per heavy atom. The molecule has 1 saturated heterocycles. The summed E-state index contributed by atoms with van der Waals surface area (Å²) in [5, 5.41) is 3.37. The van der Waals surface area contributed by atoms with Crippen molar-refractivity contribution in [2.75, 3.05) is 31.1 Å². The number of aryl methyl sites for hydroxylation is 1. The van der Waals surface area contributed by atoms with Gasteiger partial charge in [-0.15, -0.1) is 0 Å². The molecule has 0 aromatic heterocycles. The van der Waals surface area contributed by atoms with Gasteiger partial charge < -0.3 is 15.0 Å². The van der Waals surface area contributed by atoms with E-state index in [4.69, 9.17) is 4.74 Å². The van der Waals surface area contributed by atoms with Crippen molar-refractivity contribution >= 4 is 5.69 Å². The molecule has 1 N–H and O–H groups in total. The van der Waals surface area contributed by atoms with E-state index in [9.17, 15) is 4.39 Å². The average Bonchev–Trinajstić information content (AvgIpc) is 2.41. The van der Waals surface area contributed by atoms with Gasteiger partial charge >= 0.3 is 0 Å². The van der Waals surface area contributed by atoms with Crippen molar-refractivity contribution in [2.45, 2.75) is 39.8 Å². The first-order valence-corrected chi connectivity index (χ1v) is 7.43. The second-order valence-corrected chi connectivity index (χ2v) is 5.57. The van der Waals surface area contributed by atoms with E-state index in [1.807, 2.05) is 13.0 Å². The molecular formula is C16H25FN2O.